The Kier molecular flexibility index (Phi) is 16.8. The first-order valence-electron chi connectivity index (χ1n) is 18.3. The largest absolute Gasteiger partial charge is 0.475 e. The number of ether oxygens (including phenoxy) is 3. The lowest BCUT2D eigenvalue weighted by atomic mass is 9.82. The van der Waals surface area contributed by atoms with Crippen molar-refractivity contribution in [2.75, 3.05) is 33.3 Å². The van der Waals surface area contributed by atoms with Crippen molar-refractivity contribution in [3.63, 3.8) is 0 Å². The number of nitrogens with zero attached hydrogens (tertiary/aromatic N) is 3. The van der Waals surface area contributed by atoms with Crippen LogP contribution in [0.2, 0.25) is 0 Å². The van der Waals surface area contributed by atoms with Crippen LogP contribution < -0.4 is 10.1 Å². The molecule has 1 saturated carbocycles. The van der Waals surface area contributed by atoms with E-state index in [4.69, 9.17) is 14.2 Å². The van der Waals surface area contributed by atoms with E-state index in [1.54, 1.807) is 0 Å². The average molecular weight is 664 g/mol. The number of hydrogen-bond donors (Lipinski definition) is 1. The lowest BCUT2D eigenvalue weighted by molar-refractivity contribution is -0.951. The molecule has 1 N–H and O–H groups in total. The van der Waals surface area contributed by atoms with E-state index in [0.717, 1.165) is 75.7 Å². The fourth-order valence-corrected chi connectivity index (χ4v) is 6.98. The van der Waals surface area contributed by atoms with Crippen LogP contribution in [0.1, 0.15) is 149 Å². The molecule has 1 amide bonds. The molecule has 2 unspecified atom stereocenters. The molecule has 2 aliphatic rings. The highest BCUT2D eigenvalue weighted by Gasteiger charge is 2.46. The van der Waals surface area contributed by atoms with E-state index in [1.165, 1.54) is 69.5 Å². The molecule has 0 bridgehead atoms. The van der Waals surface area contributed by atoms with E-state index < -0.39 is 5.60 Å². The number of carbonyl (C=O) groups is 2. The highest BCUT2D eigenvalue weighted by molar-refractivity contribution is 6.99. The van der Waals surface area contributed by atoms with Gasteiger partial charge in [0.2, 0.25) is 6.23 Å². The Morgan fingerprint density at radius 1 is 0.978 bits per heavy atom. The summed E-state index contributed by atoms with van der Waals surface area (Å²) in [6.45, 7) is 11.0. The summed E-state index contributed by atoms with van der Waals surface area (Å²) in [4.78, 5) is 24.8. The van der Waals surface area contributed by atoms with Crippen molar-refractivity contribution in [1.29, 1.82) is 0 Å². The summed E-state index contributed by atoms with van der Waals surface area (Å²) in [6, 6.07) is 0. The van der Waals surface area contributed by atoms with Gasteiger partial charge in [-0.2, -0.15) is 4.37 Å². The minimum atomic E-state index is -0.394. The Hall–Kier alpha value is -2.20. The Morgan fingerprint density at radius 3 is 2.30 bits per heavy atom. The number of unbranched alkanes of at least 4 members (excludes halogenated alkanes) is 11. The fraction of sp³-hybridized carbons (Fsp3) is 0.833. The number of alkyl carbamates (subject to hydrolysis) is 1. The topological polar surface area (TPSA) is 99.6 Å². The fourth-order valence-electron chi connectivity index (χ4n) is 6.45. The summed E-state index contributed by atoms with van der Waals surface area (Å²) in [7, 11) is 2.23. The quantitative estimate of drug-likeness (QED) is 0.0752. The van der Waals surface area contributed by atoms with E-state index in [-0.39, 0.29) is 18.3 Å². The molecule has 1 fully saturated rings. The normalized spacial score (nSPS) is 19.2. The lowest BCUT2D eigenvalue weighted by Gasteiger charge is -2.47. The number of carbonyl (C=O) groups excluding carboxylic acids is 2. The molecule has 1 aliphatic carbocycles. The highest BCUT2D eigenvalue weighted by atomic mass is 32.1. The average Bonchev–Trinajstić information content (AvgIpc) is 3.44. The maximum Gasteiger partial charge on any atom is 0.411 e. The van der Waals surface area contributed by atoms with E-state index in [2.05, 4.69) is 34.1 Å². The lowest BCUT2D eigenvalue weighted by Crippen LogP contribution is -2.60. The molecular weight excluding hydrogens is 600 g/mol. The molecule has 0 saturated heterocycles. The van der Waals surface area contributed by atoms with Gasteiger partial charge in [-0.15, -0.1) is 4.37 Å². The van der Waals surface area contributed by atoms with E-state index in [1.807, 2.05) is 20.8 Å². The molecular formula is C36H63N4O5S+. The molecule has 1 aliphatic heterocycles. The van der Waals surface area contributed by atoms with Crippen LogP contribution in [0.3, 0.4) is 0 Å². The van der Waals surface area contributed by atoms with Gasteiger partial charge >= 0.3 is 12.1 Å². The maximum atomic E-state index is 13.0. The zero-order valence-corrected chi connectivity index (χ0v) is 30.4. The van der Waals surface area contributed by atoms with Crippen LogP contribution in [-0.4, -0.2) is 70.4 Å². The van der Waals surface area contributed by atoms with E-state index >= 15 is 0 Å². The van der Waals surface area contributed by atoms with Gasteiger partial charge in [-0.25, -0.2) is 4.79 Å². The summed E-state index contributed by atoms with van der Waals surface area (Å²) < 4.78 is 27.4. The van der Waals surface area contributed by atoms with Gasteiger partial charge in [-0.1, -0.05) is 83.6 Å². The maximum absolute atomic E-state index is 13.0. The third-order valence-electron chi connectivity index (χ3n) is 9.20. The minimum Gasteiger partial charge on any atom is -0.475 e. The van der Waals surface area contributed by atoms with E-state index in [9.17, 15) is 9.59 Å². The van der Waals surface area contributed by atoms with Gasteiger partial charge in [-0.05, 0) is 52.9 Å². The molecule has 10 heteroatoms. The molecule has 2 atom stereocenters. The predicted molar refractivity (Wildman–Crippen MR) is 186 cm³/mol. The molecule has 0 spiro atoms. The standard InChI is InChI=1S/C36H62N4O5S/c1-6-7-8-18-27-43-33-32(38-46-39-33)30-23-20-26-40(5,28-30)34(29-21-19-22-29)44-35(42)37-25-17-15-13-11-9-10-12-14-16-24-31(41)45-36(2,3)4/h23,29,34H,6-22,24-28H2,1-5H3/p+1. The third-order valence-corrected chi connectivity index (χ3v) is 9.72. The summed E-state index contributed by atoms with van der Waals surface area (Å²) in [5, 5.41) is 3.04. The van der Waals surface area contributed by atoms with Crippen molar-refractivity contribution < 1.29 is 28.3 Å². The highest BCUT2D eigenvalue weighted by Crippen LogP contribution is 2.39. The number of aromatic nitrogens is 2. The summed E-state index contributed by atoms with van der Waals surface area (Å²) in [6.07, 6.45) is 21.4. The smallest absolute Gasteiger partial charge is 0.411 e. The summed E-state index contributed by atoms with van der Waals surface area (Å²) in [5.74, 6) is 0.958. The van der Waals surface area contributed by atoms with Crippen LogP contribution in [0.15, 0.2) is 6.08 Å². The second-order valence-corrected chi connectivity index (χ2v) is 15.2. The number of hydrogen-bond acceptors (Lipinski definition) is 8. The van der Waals surface area contributed by atoms with Gasteiger partial charge in [0.1, 0.15) is 17.8 Å². The van der Waals surface area contributed by atoms with Crippen LogP contribution in [0.4, 0.5) is 4.79 Å². The van der Waals surface area contributed by atoms with Crippen molar-refractivity contribution in [3.05, 3.63) is 11.8 Å². The Balaban J connectivity index is 1.32. The van der Waals surface area contributed by atoms with Gasteiger partial charge in [0.15, 0.2) is 0 Å². The number of quaternary nitrogens is 1. The second-order valence-electron chi connectivity index (χ2n) is 14.6. The van der Waals surface area contributed by atoms with Crippen LogP contribution in [0.5, 0.6) is 5.88 Å². The number of amides is 1. The first-order chi connectivity index (χ1) is 22.1. The monoisotopic (exact) mass is 663 g/mol. The first-order valence-corrected chi connectivity index (χ1v) is 19.0. The number of esters is 1. The zero-order valence-electron chi connectivity index (χ0n) is 29.6. The van der Waals surface area contributed by atoms with Gasteiger partial charge in [-0.3, -0.25) is 9.28 Å². The van der Waals surface area contributed by atoms with Gasteiger partial charge in [0.05, 0.1) is 31.9 Å². The van der Waals surface area contributed by atoms with E-state index in [0.29, 0.717) is 35.9 Å². The zero-order chi connectivity index (χ0) is 33.3. The molecule has 262 valence electrons. The van der Waals surface area contributed by atoms with Crippen LogP contribution >= 0.6 is 11.7 Å². The van der Waals surface area contributed by atoms with Crippen molar-refractivity contribution >= 4 is 29.4 Å². The van der Waals surface area contributed by atoms with Crippen molar-refractivity contribution in [3.8, 4) is 5.88 Å². The summed E-state index contributed by atoms with van der Waals surface area (Å²) >= 11 is 1.21. The summed E-state index contributed by atoms with van der Waals surface area (Å²) in [5.41, 5.74) is 1.62. The van der Waals surface area contributed by atoms with Crippen molar-refractivity contribution in [2.45, 2.75) is 155 Å². The molecule has 9 nitrogen and oxygen atoms in total. The molecule has 1 aromatic rings. The van der Waals surface area contributed by atoms with Gasteiger partial charge < -0.3 is 19.5 Å². The molecule has 2 heterocycles. The molecule has 46 heavy (non-hydrogen) atoms. The van der Waals surface area contributed by atoms with Crippen molar-refractivity contribution in [2.24, 2.45) is 5.92 Å². The van der Waals surface area contributed by atoms with Crippen LogP contribution in [-0.2, 0) is 14.3 Å². The number of likely N-dealkylation sites (N-methyl/N-ethyl adjacent to an activating group) is 1. The number of rotatable bonds is 22. The number of nitrogens with one attached hydrogen (secondary N) is 1. The second kappa shape index (κ2) is 20.2. The van der Waals surface area contributed by atoms with Crippen LogP contribution in [0, 0.1) is 5.92 Å². The first kappa shape index (κ1) is 38.2. The minimum absolute atomic E-state index is 0.0887. The Morgan fingerprint density at radius 2 is 1.65 bits per heavy atom. The molecule has 3 rings (SSSR count). The SMILES string of the molecule is CCCCCCOc1nsnc1C1=CCC[N+](C)(C(OC(=O)NCCCCCCCCCCCC(=O)OC(C)(C)C)C2CCC2)C1. The van der Waals surface area contributed by atoms with Crippen molar-refractivity contribution in [1.82, 2.24) is 14.1 Å². The third kappa shape index (κ3) is 13.9. The van der Waals surface area contributed by atoms with Crippen LogP contribution in [0.25, 0.3) is 5.57 Å². The molecule has 0 aromatic carbocycles. The predicted octanol–water partition coefficient (Wildman–Crippen LogP) is 8.83. The Labute approximate surface area is 283 Å². The Bertz CT molecular complexity index is 1070. The van der Waals surface area contributed by atoms with Gasteiger partial charge in [0, 0.05) is 30.9 Å². The molecule has 1 aromatic heterocycles. The molecule has 0 radical (unpaired) electrons. The van der Waals surface area contributed by atoms with Gasteiger partial charge in [0.25, 0.3) is 5.88 Å².